The second-order valence-corrected chi connectivity index (χ2v) is 6.23. The zero-order valence-electron chi connectivity index (χ0n) is 12.3. The fourth-order valence-electron chi connectivity index (χ4n) is 2.62. The summed E-state index contributed by atoms with van der Waals surface area (Å²) in [4.78, 5) is 2.47. The number of nitrogens with one attached hydrogen (secondary N) is 1. The molecule has 1 aliphatic rings. The van der Waals surface area contributed by atoms with Gasteiger partial charge in [0.1, 0.15) is 0 Å². The van der Waals surface area contributed by atoms with Crippen LogP contribution < -0.4 is 10.2 Å². The summed E-state index contributed by atoms with van der Waals surface area (Å²) in [5, 5.41) is 8.30. The lowest BCUT2D eigenvalue weighted by Crippen LogP contribution is -2.63. The molecule has 1 aromatic rings. The van der Waals surface area contributed by atoms with Crippen molar-refractivity contribution < 1.29 is 0 Å². The Morgan fingerprint density at radius 2 is 2.22 bits per heavy atom. The molecule has 0 spiro atoms. The van der Waals surface area contributed by atoms with E-state index in [-0.39, 0.29) is 5.54 Å². The van der Waals surface area contributed by atoms with E-state index in [1.54, 1.807) is 0 Å². The number of nitrogens with zero attached hydrogens (tertiary/aromatic N) is 3. The predicted octanol–water partition coefficient (Wildman–Crippen LogP) is 2.12. The van der Waals surface area contributed by atoms with E-state index >= 15 is 0 Å². The normalized spacial score (nSPS) is 23.7. The van der Waals surface area contributed by atoms with E-state index in [0.717, 1.165) is 25.5 Å². The van der Waals surface area contributed by atoms with Crippen LogP contribution in [-0.4, -0.2) is 34.5 Å². The molecule has 1 aromatic heterocycles. The molecule has 0 radical (unpaired) electrons. The summed E-state index contributed by atoms with van der Waals surface area (Å²) >= 11 is 0. The summed E-state index contributed by atoms with van der Waals surface area (Å²) in [5.41, 5.74) is 0.154. The van der Waals surface area contributed by atoms with Crippen LogP contribution in [0.5, 0.6) is 0 Å². The zero-order valence-corrected chi connectivity index (χ0v) is 12.3. The molecule has 1 unspecified atom stereocenters. The average molecular weight is 250 g/mol. The molecule has 0 aromatic carbocycles. The SMILES string of the molecule is CCn1ccc(N2CC(C)(C)NCC2C(C)C)n1. The van der Waals surface area contributed by atoms with Gasteiger partial charge in [-0.05, 0) is 26.7 Å². The van der Waals surface area contributed by atoms with Crippen LogP contribution in [0, 0.1) is 5.92 Å². The maximum Gasteiger partial charge on any atom is 0.150 e. The predicted molar refractivity (Wildman–Crippen MR) is 76.0 cm³/mol. The van der Waals surface area contributed by atoms with E-state index in [2.05, 4.69) is 62.2 Å². The first-order valence-corrected chi connectivity index (χ1v) is 6.98. The van der Waals surface area contributed by atoms with Crippen LogP contribution in [0.1, 0.15) is 34.6 Å². The molecular formula is C14H26N4. The molecule has 1 saturated heterocycles. The minimum Gasteiger partial charge on any atom is -0.349 e. The molecule has 2 rings (SSSR count). The van der Waals surface area contributed by atoms with Crippen molar-refractivity contribution in [2.45, 2.75) is 52.7 Å². The Kier molecular flexibility index (Phi) is 3.66. The third-order valence-electron chi connectivity index (χ3n) is 3.77. The van der Waals surface area contributed by atoms with Crippen LogP contribution >= 0.6 is 0 Å². The Bertz CT molecular complexity index is 394. The lowest BCUT2D eigenvalue weighted by Gasteiger charge is -2.46. The van der Waals surface area contributed by atoms with Crippen LogP contribution in [-0.2, 0) is 6.54 Å². The Hall–Kier alpha value is -1.03. The Morgan fingerprint density at radius 1 is 1.50 bits per heavy atom. The standard InChI is InChI=1S/C14H26N4/c1-6-17-8-7-13(16-17)18-10-14(4,5)15-9-12(18)11(2)3/h7-8,11-12,15H,6,9-10H2,1-5H3. The quantitative estimate of drug-likeness (QED) is 0.892. The highest BCUT2D eigenvalue weighted by Gasteiger charge is 2.34. The molecule has 0 bridgehead atoms. The molecule has 18 heavy (non-hydrogen) atoms. The first-order chi connectivity index (χ1) is 8.43. The number of aryl methyl sites for hydroxylation is 1. The molecule has 2 heterocycles. The van der Waals surface area contributed by atoms with Crippen LogP contribution in [0.2, 0.25) is 0 Å². The van der Waals surface area contributed by atoms with Gasteiger partial charge in [-0.1, -0.05) is 13.8 Å². The summed E-state index contributed by atoms with van der Waals surface area (Å²) in [6.45, 7) is 14.2. The minimum absolute atomic E-state index is 0.154. The third-order valence-corrected chi connectivity index (χ3v) is 3.77. The van der Waals surface area contributed by atoms with E-state index < -0.39 is 0 Å². The van der Waals surface area contributed by atoms with Crippen molar-refractivity contribution in [2.24, 2.45) is 5.92 Å². The van der Waals surface area contributed by atoms with Gasteiger partial charge >= 0.3 is 0 Å². The third kappa shape index (κ3) is 2.69. The summed E-state index contributed by atoms with van der Waals surface area (Å²) in [6.07, 6.45) is 2.07. The highest BCUT2D eigenvalue weighted by atomic mass is 15.4. The van der Waals surface area contributed by atoms with Crippen molar-refractivity contribution in [1.29, 1.82) is 0 Å². The fraction of sp³-hybridized carbons (Fsp3) is 0.786. The van der Waals surface area contributed by atoms with E-state index in [4.69, 9.17) is 0 Å². The smallest absolute Gasteiger partial charge is 0.150 e. The minimum atomic E-state index is 0.154. The van der Waals surface area contributed by atoms with Gasteiger partial charge in [0.15, 0.2) is 5.82 Å². The van der Waals surface area contributed by atoms with Gasteiger partial charge in [0.05, 0.1) is 0 Å². The molecule has 0 amide bonds. The van der Waals surface area contributed by atoms with E-state index in [9.17, 15) is 0 Å². The van der Waals surface area contributed by atoms with E-state index in [1.165, 1.54) is 0 Å². The van der Waals surface area contributed by atoms with Crippen molar-refractivity contribution in [3.05, 3.63) is 12.3 Å². The van der Waals surface area contributed by atoms with Crippen LogP contribution in [0.4, 0.5) is 5.82 Å². The summed E-state index contributed by atoms with van der Waals surface area (Å²) in [5.74, 6) is 1.74. The number of aromatic nitrogens is 2. The van der Waals surface area contributed by atoms with Gasteiger partial charge in [-0.15, -0.1) is 0 Å². The highest BCUT2D eigenvalue weighted by molar-refractivity contribution is 5.40. The topological polar surface area (TPSA) is 33.1 Å². The van der Waals surface area contributed by atoms with Gasteiger partial charge in [0.2, 0.25) is 0 Å². The second kappa shape index (κ2) is 4.92. The number of hydrogen-bond donors (Lipinski definition) is 1. The maximum absolute atomic E-state index is 4.67. The number of rotatable bonds is 3. The fourth-order valence-corrected chi connectivity index (χ4v) is 2.62. The lowest BCUT2D eigenvalue weighted by atomic mass is 9.93. The maximum atomic E-state index is 4.67. The zero-order chi connectivity index (χ0) is 13.3. The molecule has 4 nitrogen and oxygen atoms in total. The molecule has 1 fully saturated rings. The first kappa shape index (κ1) is 13.4. The second-order valence-electron chi connectivity index (χ2n) is 6.23. The van der Waals surface area contributed by atoms with Gasteiger partial charge in [-0.25, -0.2) is 0 Å². The van der Waals surface area contributed by atoms with Crippen molar-refractivity contribution in [1.82, 2.24) is 15.1 Å². The lowest BCUT2D eigenvalue weighted by molar-refractivity contribution is 0.275. The molecule has 4 heteroatoms. The average Bonchev–Trinajstić information content (AvgIpc) is 2.75. The summed E-state index contributed by atoms with van der Waals surface area (Å²) in [6, 6.07) is 2.67. The number of anilines is 1. The van der Waals surface area contributed by atoms with Crippen molar-refractivity contribution in [3.63, 3.8) is 0 Å². The van der Waals surface area contributed by atoms with Gasteiger partial charge in [-0.2, -0.15) is 5.10 Å². The number of piperazine rings is 1. The van der Waals surface area contributed by atoms with Gasteiger partial charge in [-0.3, -0.25) is 4.68 Å². The highest BCUT2D eigenvalue weighted by Crippen LogP contribution is 2.25. The van der Waals surface area contributed by atoms with Gasteiger partial charge in [0, 0.05) is 43.5 Å². The van der Waals surface area contributed by atoms with Gasteiger partial charge < -0.3 is 10.2 Å². The van der Waals surface area contributed by atoms with Crippen LogP contribution in [0.15, 0.2) is 12.3 Å². The van der Waals surface area contributed by atoms with Crippen molar-refractivity contribution >= 4 is 5.82 Å². The molecule has 1 aliphatic heterocycles. The Balaban J connectivity index is 2.24. The number of hydrogen-bond acceptors (Lipinski definition) is 3. The van der Waals surface area contributed by atoms with E-state index in [0.29, 0.717) is 12.0 Å². The molecule has 1 atom stereocenters. The molecule has 102 valence electrons. The monoisotopic (exact) mass is 250 g/mol. The molecule has 0 saturated carbocycles. The van der Waals surface area contributed by atoms with Gasteiger partial charge in [0.25, 0.3) is 0 Å². The van der Waals surface area contributed by atoms with Crippen molar-refractivity contribution in [3.8, 4) is 0 Å². The Labute approximate surface area is 110 Å². The first-order valence-electron chi connectivity index (χ1n) is 6.98. The Morgan fingerprint density at radius 3 is 2.78 bits per heavy atom. The van der Waals surface area contributed by atoms with Crippen LogP contribution in [0.3, 0.4) is 0 Å². The molecule has 1 N–H and O–H groups in total. The van der Waals surface area contributed by atoms with Crippen molar-refractivity contribution in [2.75, 3.05) is 18.0 Å². The van der Waals surface area contributed by atoms with Crippen LogP contribution in [0.25, 0.3) is 0 Å². The largest absolute Gasteiger partial charge is 0.349 e. The summed E-state index contributed by atoms with van der Waals surface area (Å²) < 4.78 is 2.00. The summed E-state index contributed by atoms with van der Waals surface area (Å²) in [7, 11) is 0. The molecule has 0 aliphatic carbocycles. The molecular weight excluding hydrogens is 224 g/mol. The van der Waals surface area contributed by atoms with E-state index in [1.807, 2.05) is 4.68 Å².